The third kappa shape index (κ3) is 7.07. The highest BCUT2D eigenvalue weighted by Crippen LogP contribution is 2.22. The highest BCUT2D eigenvalue weighted by molar-refractivity contribution is 5.62. The van der Waals surface area contributed by atoms with Crippen molar-refractivity contribution in [2.75, 3.05) is 0 Å². The lowest BCUT2D eigenvalue weighted by molar-refractivity contribution is -0.726. The predicted octanol–water partition coefficient (Wildman–Crippen LogP) is 7.49. The van der Waals surface area contributed by atoms with Crippen LogP contribution in [0.5, 0.6) is 0 Å². The van der Waals surface area contributed by atoms with Crippen molar-refractivity contribution in [2.24, 2.45) is 0 Å². The van der Waals surface area contributed by atoms with Crippen LogP contribution in [0.25, 0.3) is 33.6 Å². The number of nitrogens with zero attached hydrogens (tertiary/aromatic N) is 4. The Morgan fingerprint density at radius 1 is 0.400 bits per heavy atom. The second-order valence-corrected chi connectivity index (χ2v) is 12.4. The summed E-state index contributed by atoms with van der Waals surface area (Å²) in [5, 5.41) is 0. The van der Waals surface area contributed by atoms with Gasteiger partial charge in [0.05, 0.1) is 6.42 Å². The summed E-state index contributed by atoms with van der Waals surface area (Å²) in [7, 11) is 0. The number of hydrogen-bond acceptors (Lipinski definition) is 0. The van der Waals surface area contributed by atoms with Gasteiger partial charge < -0.3 is 0 Å². The summed E-state index contributed by atoms with van der Waals surface area (Å²) in [6, 6.07) is 35.0. The van der Waals surface area contributed by atoms with E-state index in [2.05, 4.69) is 193 Å². The van der Waals surface area contributed by atoms with Crippen molar-refractivity contribution in [1.29, 1.82) is 0 Å². The SMILES string of the molecule is CC(C)c1ccccc1-[n+]1ccc(-c2cc[n+](CCC[n+]3ccc(-c4cc[n+](-c5ccccc5C(C)C)cc4)cc3)cc2)cc1. The Morgan fingerprint density at radius 3 is 1.04 bits per heavy atom. The quantitative estimate of drug-likeness (QED) is 0.147. The molecule has 45 heavy (non-hydrogen) atoms. The van der Waals surface area contributed by atoms with Gasteiger partial charge in [0.2, 0.25) is 11.4 Å². The van der Waals surface area contributed by atoms with Crippen LogP contribution >= 0.6 is 0 Å². The average molecular weight is 593 g/mol. The lowest BCUT2D eigenvalue weighted by Crippen LogP contribution is -2.38. The minimum Gasteiger partial charge on any atom is -0.205 e. The molecule has 0 bridgehead atoms. The minimum atomic E-state index is 0.483. The van der Waals surface area contributed by atoms with Crippen LogP contribution in [-0.2, 0) is 13.1 Å². The van der Waals surface area contributed by atoms with E-state index < -0.39 is 0 Å². The summed E-state index contributed by atoms with van der Waals surface area (Å²) in [5.41, 5.74) is 10.1. The normalized spacial score (nSPS) is 11.3. The molecule has 0 spiro atoms. The topological polar surface area (TPSA) is 15.5 Å². The summed E-state index contributed by atoms with van der Waals surface area (Å²) >= 11 is 0. The van der Waals surface area contributed by atoms with Gasteiger partial charge in [-0.3, -0.25) is 0 Å². The van der Waals surface area contributed by atoms with E-state index in [0.717, 1.165) is 19.5 Å². The van der Waals surface area contributed by atoms with Gasteiger partial charge in [-0.1, -0.05) is 64.1 Å². The lowest BCUT2D eigenvalue weighted by Gasteiger charge is -2.08. The first-order valence-electron chi connectivity index (χ1n) is 16.2. The van der Waals surface area contributed by atoms with Crippen molar-refractivity contribution >= 4 is 0 Å². The fourth-order valence-electron chi connectivity index (χ4n) is 6.01. The smallest absolute Gasteiger partial charge is 0.205 e. The van der Waals surface area contributed by atoms with Gasteiger partial charge >= 0.3 is 0 Å². The molecule has 2 aromatic carbocycles. The van der Waals surface area contributed by atoms with E-state index in [1.165, 1.54) is 44.8 Å². The van der Waals surface area contributed by atoms with E-state index in [-0.39, 0.29) is 0 Å². The zero-order valence-corrected chi connectivity index (χ0v) is 26.9. The molecule has 0 atom stereocenters. The first kappa shape index (κ1) is 30.1. The maximum absolute atomic E-state index is 2.27. The van der Waals surface area contributed by atoms with Crippen molar-refractivity contribution < 1.29 is 18.3 Å². The van der Waals surface area contributed by atoms with E-state index >= 15 is 0 Å². The molecule has 0 amide bonds. The van der Waals surface area contributed by atoms with Crippen LogP contribution in [0.4, 0.5) is 0 Å². The molecule has 6 rings (SSSR count). The van der Waals surface area contributed by atoms with Crippen LogP contribution < -0.4 is 18.3 Å². The van der Waals surface area contributed by atoms with E-state index in [9.17, 15) is 0 Å². The van der Waals surface area contributed by atoms with Gasteiger partial charge in [0.15, 0.2) is 62.7 Å². The second kappa shape index (κ2) is 13.8. The molecule has 6 aromatic rings. The molecule has 0 saturated carbocycles. The Kier molecular flexibility index (Phi) is 9.21. The highest BCUT2D eigenvalue weighted by Gasteiger charge is 2.16. The zero-order chi connectivity index (χ0) is 31.2. The summed E-state index contributed by atoms with van der Waals surface area (Å²) in [5.74, 6) is 0.967. The van der Waals surface area contributed by atoms with Gasteiger partial charge in [0, 0.05) is 71.8 Å². The van der Waals surface area contributed by atoms with Gasteiger partial charge in [0.1, 0.15) is 0 Å². The summed E-state index contributed by atoms with van der Waals surface area (Å²) < 4.78 is 8.98. The zero-order valence-electron chi connectivity index (χ0n) is 26.9. The predicted molar refractivity (Wildman–Crippen MR) is 180 cm³/mol. The number of hydrogen-bond donors (Lipinski definition) is 0. The molecule has 0 aliphatic carbocycles. The molecular formula is C41H44N4+4. The summed E-state index contributed by atoms with van der Waals surface area (Å²) in [6.45, 7) is 10.9. The van der Waals surface area contributed by atoms with Crippen LogP contribution in [-0.4, -0.2) is 0 Å². The van der Waals surface area contributed by atoms with Crippen LogP contribution in [0.3, 0.4) is 0 Å². The molecule has 0 aliphatic heterocycles. The molecule has 0 unspecified atom stereocenters. The van der Waals surface area contributed by atoms with Crippen molar-refractivity contribution in [3.05, 3.63) is 158 Å². The van der Waals surface area contributed by atoms with Crippen molar-refractivity contribution in [2.45, 2.75) is 59.0 Å². The number of rotatable bonds is 10. The Morgan fingerprint density at radius 2 is 0.711 bits per heavy atom. The minimum absolute atomic E-state index is 0.483. The number of para-hydroxylation sites is 2. The van der Waals surface area contributed by atoms with Crippen LogP contribution in [0.2, 0.25) is 0 Å². The van der Waals surface area contributed by atoms with E-state index in [0.29, 0.717) is 11.8 Å². The molecule has 0 saturated heterocycles. The van der Waals surface area contributed by atoms with E-state index in [4.69, 9.17) is 0 Å². The second-order valence-electron chi connectivity index (χ2n) is 12.4. The average Bonchev–Trinajstić information content (AvgIpc) is 3.09. The molecule has 0 radical (unpaired) electrons. The fraction of sp³-hybridized carbons (Fsp3) is 0.220. The van der Waals surface area contributed by atoms with Gasteiger partial charge in [-0.15, -0.1) is 0 Å². The number of aryl methyl sites for hydroxylation is 2. The number of pyridine rings is 4. The van der Waals surface area contributed by atoms with Gasteiger partial charge in [0.25, 0.3) is 0 Å². The Balaban J connectivity index is 1.03. The molecule has 4 heteroatoms. The van der Waals surface area contributed by atoms with Gasteiger partial charge in [-0.05, 0) is 34.1 Å². The third-order valence-corrected chi connectivity index (χ3v) is 8.61. The van der Waals surface area contributed by atoms with Gasteiger partial charge in [-0.25, -0.2) is 9.13 Å². The van der Waals surface area contributed by atoms with Crippen LogP contribution in [0.15, 0.2) is 147 Å². The fourth-order valence-corrected chi connectivity index (χ4v) is 6.01. The van der Waals surface area contributed by atoms with Crippen LogP contribution in [0.1, 0.15) is 57.1 Å². The Bertz CT molecular complexity index is 1700. The summed E-state index contributed by atoms with van der Waals surface area (Å²) in [6.07, 6.45) is 18.5. The largest absolute Gasteiger partial charge is 0.214 e. The standard InChI is InChI=1S/C41H44N4/c1-32(2)38-10-5-7-12-40(38)44-28-18-36(19-29-44)34-14-24-42(25-15-34)22-9-23-43-26-16-35(17-27-43)37-20-30-45(31-21-37)41-13-8-6-11-39(41)33(3)4/h5-8,10-21,24-33H,9,22-23H2,1-4H3/q+4. The number of aromatic nitrogens is 4. The van der Waals surface area contributed by atoms with E-state index in [1.54, 1.807) is 0 Å². The first-order valence-corrected chi connectivity index (χ1v) is 16.2. The molecule has 4 nitrogen and oxygen atoms in total. The van der Waals surface area contributed by atoms with Crippen molar-refractivity contribution in [3.63, 3.8) is 0 Å². The van der Waals surface area contributed by atoms with Gasteiger partial charge in [-0.2, -0.15) is 9.13 Å². The molecule has 4 heterocycles. The molecule has 0 aliphatic rings. The molecule has 4 aromatic heterocycles. The maximum Gasteiger partial charge on any atom is 0.214 e. The molecule has 0 N–H and O–H groups in total. The molecular weight excluding hydrogens is 548 g/mol. The third-order valence-electron chi connectivity index (χ3n) is 8.61. The Hall–Kier alpha value is -4.96. The number of benzene rings is 2. The van der Waals surface area contributed by atoms with Crippen LogP contribution in [0, 0.1) is 0 Å². The maximum atomic E-state index is 2.27. The Labute approximate surface area is 268 Å². The monoisotopic (exact) mass is 592 g/mol. The molecule has 224 valence electrons. The van der Waals surface area contributed by atoms with Crippen molar-refractivity contribution in [1.82, 2.24) is 0 Å². The lowest BCUT2D eigenvalue weighted by atomic mass is 10.0. The van der Waals surface area contributed by atoms with Crippen molar-refractivity contribution in [3.8, 4) is 33.6 Å². The summed E-state index contributed by atoms with van der Waals surface area (Å²) in [4.78, 5) is 0. The first-order chi connectivity index (χ1) is 22.0. The molecule has 0 fully saturated rings. The van der Waals surface area contributed by atoms with E-state index in [1.807, 2.05) is 0 Å². The highest BCUT2D eigenvalue weighted by atomic mass is 15.0.